The summed E-state index contributed by atoms with van der Waals surface area (Å²) in [5.41, 5.74) is 2.35. The third-order valence-electron chi connectivity index (χ3n) is 4.52. The average molecular weight is 314 g/mol. The van der Waals surface area contributed by atoms with E-state index in [2.05, 4.69) is 37.8 Å². The van der Waals surface area contributed by atoms with Gasteiger partial charge in [0.25, 0.3) is 0 Å². The van der Waals surface area contributed by atoms with Crippen LogP contribution in [0, 0.1) is 0 Å². The molecule has 1 aromatic rings. The summed E-state index contributed by atoms with van der Waals surface area (Å²) in [4.78, 5) is 2.50. The number of halogens is 2. The van der Waals surface area contributed by atoms with Crippen molar-refractivity contribution in [3.8, 4) is 0 Å². The predicted octanol–water partition coefficient (Wildman–Crippen LogP) is 5.67. The number of rotatable bonds is 4. The number of nitrogens with zero attached hydrogens (tertiary/aromatic N) is 1. The van der Waals surface area contributed by atoms with Crippen molar-refractivity contribution in [3.63, 3.8) is 0 Å². The lowest BCUT2D eigenvalue weighted by molar-refractivity contribution is 0.221. The molecule has 1 nitrogen and oxygen atoms in total. The van der Waals surface area contributed by atoms with E-state index in [0.29, 0.717) is 0 Å². The maximum absolute atomic E-state index is 6.51. The summed E-state index contributed by atoms with van der Waals surface area (Å²) in [5, 5.41) is 1.63. The Hall–Kier alpha value is -0.240. The summed E-state index contributed by atoms with van der Waals surface area (Å²) in [6.07, 6.45) is 5.00. The standard InChI is InChI=1S/C17H25Cl2N/c1-4-17(2,3)16-14(18)10-13(11-15(16)19)12-20-8-6-5-7-9-20/h10-11H,4-9,12H2,1-3H3. The van der Waals surface area contributed by atoms with E-state index < -0.39 is 0 Å². The van der Waals surface area contributed by atoms with Crippen LogP contribution in [0.1, 0.15) is 57.6 Å². The molecule has 1 aliphatic rings. The van der Waals surface area contributed by atoms with E-state index in [1.807, 2.05) is 0 Å². The van der Waals surface area contributed by atoms with Crippen LogP contribution in [-0.2, 0) is 12.0 Å². The van der Waals surface area contributed by atoms with E-state index in [9.17, 15) is 0 Å². The van der Waals surface area contributed by atoms with Gasteiger partial charge >= 0.3 is 0 Å². The number of likely N-dealkylation sites (tertiary alicyclic amines) is 1. The lowest BCUT2D eigenvalue weighted by atomic mass is 9.82. The Morgan fingerprint density at radius 1 is 1.05 bits per heavy atom. The molecule has 1 aromatic carbocycles. The lowest BCUT2D eigenvalue weighted by Crippen LogP contribution is -2.29. The minimum Gasteiger partial charge on any atom is -0.299 e. The molecule has 0 N–H and O–H groups in total. The molecule has 1 fully saturated rings. The van der Waals surface area contributed by atoms with Gasteiger partial charge in [-0.25, -0.2) is 0 Å². The predicted molar refractivity (Wildman–Crippen MR) is 88.9 cm³/mol. The quantitative estimate of drug-likeness (QED) is 0.692. The van der Waals surface area contributed by atoms with Crippen molar-refractivity contribution in [3.05, 3.63) is 33.3 Å². The monoisotopic (exact) mass is 313 g/mol. The molecule has 0 aliphatic carbocycles. The van der Waals surface area contributed by atoms with Crippen molar-refractivity contribution < 1.29 is 0 Å². The van der Waals surface area contributed by atoms with Crippen molar-refractivity contribution in [2.75, 3.05) is 13.1 Å². The smallest absolute Gasteiger partial charge is 0.0461 e. The van der Waals surface area contributed by atoms with Gasteiger partial charge in [0, 0.05) is 16.6 Å². The zero-order chi connectivity index (χ0) is 14.8. The molecule has 0 amide bonds. The molecular weight excluding hydrogens is 289 g/mol. The molecule has 1 heterocycles. The Kier molecular flexibility index (Phi) is 5.39. The summed E-state index contributed by atoms with van der Waals surface area (Å²) in [7, 11) is 0. The fourth-order valence-electron chi connectivity index (χ4n) is 2.92. The Bertz CT molecular complexity index is 439. The van der Waals surface area contributed by atoms with Crippen molar-refractivity contribution >= 4 is 23.2 Å². The van der Waals surface area contributed by atoms with Gasteiger partial charge in [-0.2, -0.15) is 0 Å². The highest BCUT2D eigenvalue weighted by Crippen LogP contribution is 2.38. The van der Waals surface area contributed by atoms with Gasteiger partial charge in [-0.3, -0.25) is 4.90 Å². The highest BCUT2D eigenvalue weighted by molar-refractivity contribution is 6.36. The highest BCUT2D eigenvalue weighted by Gasteiger charge is 2.25. The van der Waals surface area contributed by atoms with E-state index in [-0.39, 0.29) is 5.41 Å². The maximum Gasteiger partial charge on any atom is 0.0461 e. The molecule has 1 aliphatic heterocycles. The zero-order valence-corrected chi connectivity index (χ0v) is 14.3. The summed E-state index contributed by atoms with van der Waals surface area (Å²) in [6, 6.07) is 4.21. The van der Waals surface area contributed by atoms with Crippen LogP contribution in [0.25, 0.3) is 0 Å². The molecule has 0 bridgehead atoms. The molecule has 3 heteroatoms. The minimum absolute atomic E-state index is 0.0256. The molecule has 112 valence electrons. The molecule has 0 spiro atoms. The molecule has 0 saturated carbocycles. The summed E-state index contributed by atoms with van der Waals surface area (Å²) < 4.78 is 0. The van der Waals surface area contributed by atoms with E-state index in [4.69, 9.17) is 23.2 Å². The SMILES string of the molecule is CCC(C)(C)c1c(Cl)cc(CN2CCCCC2)cc1Cl. The Morgan fingerprint density at radius 3 is 2.10 bits per heavy atom. The van der Waals surface area contributed by atoms with Gasteiger partial charge in [-0.1, -0.05) is 50.4 Å². The Morgan fingerprint density at radius 2 is 1.60 bits per heavy atom. The van der Waals surface area contributed by atoms with E-state index in [0.717, 1.165) is 28.6 Å². The fourth-order valence-corrected chi connectivity index (χ4v) is 3.96. The number of hydrogen-bond donors (Lipinski definition) is 0. The van der Waals surface area contributed by atoms with Gasteiger partial charge < -0.3 is 0 Å². The van der Waals surface area contributed by atoms with Gasteiger partial charge in [0.05, 0.1) is 0 Å². The van der Waals surface area contributed by atoms with Gasteiger partial charge in [0.15, 0.2) is 0 Å². The lowest BCUT2D eigenvalue weighted by Gasteiger charge is -2.29. The molecule has 0 atom stereocenters. The van der Waals surface area contributed by atoms with Crippen LogP contribution in [0.2, 0.25) is 10.0 Å². The summed E-state index contributed by atoms with van der Waals surface area (Å²) in [6.45, 7) is 9.92. The first-order valence-electron chi connectivity index (χ1n) is 7.65. The highest BCUT2D eigenvalue weighted by atomic mass is 35.5. The van der Waals surface area contributed by atoms with Crippen LogP contribution in [0.4, 0.5) is 0 Å². The molecule has 2 rings (SSSR count). The molecule has 0 aromatic heterocycles. The van der Waals surface area contributed by atoms with Crippen LogP contribution < -0.4 is 0 Å². The Balaban J connectivity index is 2.21. The summed E-state index contributed by atoms with van der Waals surface area (Å²) in [5.74, 6) is 0. The third-order valence-corrected chi connectivity index (χ3v) is 5.11. The van der Waals surface area contributed by atoms with Gasteiger partial charge in [-0.05, 0) is 61.0 Å². The van der Waals surface area contributed by atoms with Crippen LogP contribution in [-0.4, -0.2) is 18.0 Å². The largest absolute Gasteiger partial charge is 0.299 e. The van der Waals surface area contributed by atoms with Crippen molar-refractivity contribution in [1.82, 2.24) is 4.90 Å². The van der Waals surface area contributed by atoms with Crippen molar-refractivity contribution in [2.24, 2.45) is 0 Å². The Labute approximate surface area is 133 Å². The van der Waals surface area contributed by atoms with Crippen LogP contribution in [0.3, 0.4) is 0 Å². The fraction of sp³-hybridized carbons (Fsp3) is 0.647. The molecule has 0 radical (unpaired) electrons. The molecule has 1 saturated heterocycles. The molecule has 0 unspecified atom stereocenters. The second-order valence-electron chi connectivity index (χ2n) is 6.51. The van der Waals surface area contributed by atoms with Crippen LogP contribution in [0.5, 0.6) is 0 Å². The first kappa shape index (κ1) is 16.1. The maximum atomic E-state index is 6.51. The second-order valence-corrected chi connectivity index (χ2v) is 7.32. The number of piperidine rings is 1. The first-order chi connectivity index (χ1) is 9.44. The first-order valence-corrected chi connectivity index (χ1v) is 8.40. The number of hydrogen-bond acceptors (Lipinski definition) is 1. The van der Waals surface area contributed by atoms with E-state index in [1.165, 1.54) is 37.9 Å². The van der Waals surface area contributed by atoms with Gasteiger partial charge in [0.2, 0.25) is 0 Å². The minimum atomic E-state index is 0.0256. The summed E-state index contributed by atoms with van der Waals surface area (Å²) >= 11 is 13.0. The molecule has 20 heavy (non-hydrogen) atoms. The molecular formula is C17H25Cl2N. The van der Waals surface area contributed by atoms with Crippen molar-refractivity contribution in [1.29, 1.82) is 0 Å². The number of benzene rings is 1. The average Bonchev–Trinajstić information content (AvgIpc) is 2.38. The van der Waals surface area contributed by atoms with E-state index in [1.54, 1.807) is 0 Å². The van der Waals surface area contributed by atoms with Crippen molar-refractivity contribution in [2.45, 2.75) is 58.4 Å². The van der Waals surface area contributed by atoms with Crippen LogP contribution in [0.15, 0.2) is 12.1 Å². The second kappa shape index (κ2) is 6.68. The van der Waals surface area contributed by atoms with Crippen LogP contribution >= 0.6 is 23.2 Å². The normalized spacial score (nSPS) is 17.4. The van der Waals surface area contributed by atoms with E-state index >= 15 is 0 Å². The van der Waals surface area contributed by atoms with Gasteiger partial charge in [-0.15, -0.1) is 0 Å². The topological polar surface area (TPSA) is 3.24 Å². The van der Waals surface area contributed by atoms with Gasteiger partial charge in [0.1, 0.15) is 0 Å². The third kappa shape index (κ3) is 3.69. The zero-order valence-electron chi connectivity index (χ0n) is 12.8.